The maximum absolute atomic E-state index is 10.8. The van der Waals surface area contributed by atoms with E-state index in [1.54, 1.807) is 0 Å². The van der Waals surface area contributed by atoms with Crippen molar-refractivity contribution in [3.05, 3.63) is 18.2 Å². The van der Waals surface area contributed by atoms with Crippen molar-refractivity contribution in [2.75, 3.05) is 18.1 Å². The molecular weight excluding hydrogens is 272 g/mol. The van der Waals surface area contributed by atoms with Crippen molar-refractivity contribution in [3.8, 4) is 0 Å². The Balaban J connectivity index is 1.52. The third-order valence-corrected chi connectivity index (χ3v) is 6.21. The normalized spacial score (nSPS) is 35.5. The van der Waals surface area contributed by atoms with E-state index in [2.05, 4.69) is 9.55 Å². The van der Waals surface area contributed by atoms with E-state index in [0.29, 0.717) is 12.0 Å². The van der Waals surface area contributed by atoms with Crippen molar-refractivity contribution < 1.29 is 9.84 Å². The lowest BCUT2D eigenvalue weighted by molar-refractivity contribution is -0.103. The molecule has 1 saturated carbocycles. The zero-order valence-electron chi connectivity index (χ0n) is 11.7. The van der Waals surface area contributed by atoms with Crippen LogP contribution in [-0.4, -0.2) is 38.4 Å². The summed E-state index contributed by atoms with van der Waals surface area (Å²) in [4.78, 5) is 4.26. The molecule has 1 aromatic rings. The molecule has 110 valence electrons. The van der Waals surface area contributed by atoms with Gasteiger partial charge in [-0.25, -0.2) is 4.98 Å². The molecule has 4 rings (SSSR count). The highest BCUT2D eigenvalue weighted by atomic mass is 32.2. The van der Waals surface area contributed by atoms with Crippen LogP contribution in [0.2, 0.25) is 0 Å². The third-order valence-electron chi connectivity index (χ3n) is 4.98. The number of hydrogen-bond donors (Lipinski definition) is 1. The molecule has 1 spiro atoms. The molecule has 3 unspecified atom stereocenters. The lowest BCUT2D eigenvalue weighted by Gasteiger charge is -2.39. The smallest absolute Gasteiger partial charge is 0.0985 e. The van der Waals surface area contributed by atoms with Crippen molar-refractivity contribution in [2.45, 2.75) is 49.9 Å². The van der Waals surface area contributed by atoms with Gasteiger partial charge in [0.1, 0.15) is 0 Å². The molecule has 2 saturated heterocycles. The van der Waals surface area contributed by atoms with Gasteiger partial charge >= 0.3 is 0 Å². The van der Waals surface area contributed by atoms with Crippen molar-refractivity contribution in [1.82, 2.24) is 9.55 Å². The molecule has 5 heteroatoms. The second kappa shape index (κ2) is 5.04. The van der Waals surface area contributed by atoms with Gasteiger partial charge in [-0.05, 0) is 43.8 Å². The van der Waals surface area contributed by atoms with E-state index in [4.69, 9.17) is 4.74 Å². The highest BCUT2D eigenvalue weighted by molar-refractivity contribution is 7.99. The molecule has 1 aromatic heterocycles. The minimum atomic E-state index is -0.385. The average Bonchev–Trinajstić information content (AvgIpc) is 3.03. The first-order valence-corrected chi connectivity index (χ1v) is 8.84. The van der Waals surface area contributed by atoms with Crippen LogP contribution < -0.4 is 0 Å². The topological polar surface area (TPSA) is 47.3 Å². The lowest BCUT2D eigenvalue weighted by atomic mass is 9.81. The van der Waals surface area contributed by atoms with Crippen molar-refractivity contribution in [1.29, 1.82) is 0 Å². The average molecular weight is 294 g/mol. The van der Waals surface area contributed by atoms with Crippen LogP contribution in [0.1, 0.15) is 49.9 Å². The molecule has 3 aliphatic rings. The number of ether oxygens (including phenoxy) is 1. The van der Waals surface area contributed by atoms with E-state index in [0.717, 1.165) is 37.3 Å². The van der Waals surface area contributed by atoms with Crippen molar-refractivity contribution >= 4 is 11.8 Å². The number of nitrogens with zero attached hydrogens (tertiary/aromatic N) is 2. The summed E-state index contributed by atoms with van der Waals surface area (Å²) < 4.78 is 8.25. The summed E-state index contributed by atoms with van der Waals surface area (Å²) in [6.07, 6.45) is 8.91. The van der Waals surface area contributed by atoms with Gasteiger partial charge < -0.3 is 14.4 Å². The summed E-state index contributed by atoms with van der Waals surface area (Å²) in [7, 11) is 0. The monoisotopic (exact) mass is 294 g/mol. The molecule has 2 aliphatic heterocycles. The molecule has 1 aliphatic carbocycles. The van der Waals surface area contributed by atoms with Gasteiger partial charge in [0.15, 0.2) is 0 Å². The summed E-state index contributed by atoms with van der Waals surface area (Å²) in [5.41, 5.74) is 1.05. The Bertz CT molecular complexity index is 480. The standard InChI is InChI=1S/C15H22N2O2S/c18-14(13-8-16-10-17(13)12-1-2-12)11-3-5-19-15(7-11)4-6-20-9-15/h8,10-12,14,18H,1-7,9H2. The van der Waals surface area contributed by atoms with E-state index >= 15 is 0 Å². The Kier molecular flexibility index (Phi) is 3.32. The van der Waals surface area contributed by atoms with E-state index in [9.17, 15) is 5.11 Å². The van der Waals surface area contributed by atoms with E-state index < -0.39 is 0 Å². The summed E-state index contributed by atoms with van der Waals surface area (Å²) in [5.74, 6) is 2.61. The van der Waals surface area contributed by atoms with Gasteiger partial charge in [-0.1, -0.05) is 0 Å². The largest absolute Gasteiger partial charge is 0.387 e. The van der Waals surface area contributed by atoms with Gasteiger partial charge in [0.25, 0.3) is 0 Å². The Labute approximate surface area is 123 Å². The number of aromatic nitrogens is 2. The first-order chi connectivity index (χ1) is 9.77. The van der Waals surface area contributed by atoms with Gasteiger partial charge in [0.2, 0.25) is 0 Å². The van der Waals surface area contributed by atoms with Crippen LogP contribution in [0.4, 0.5) is 0 Å². The number of aliphatic hydroxyl groups is 1. The predicted molar refractivity (Wildman–Crippen MR) is 78.8 cm³/mol. The highest BCUT2D eigenvalue weighted by Crippen LogP contribution is 2.45. The molecular formula is C15H22N2O2S. The van der Waals surface area contributed by atoms with Gasteiger partial charge in [0.05, 0.1) is 29.9 Å². The van der Waals surface area contributed by atoms with Crippen LogP contribution in [-0.2, 0) is 4.74 Å². The number of thioether (sulfide) groups is 1. The van der Waals surface area contributed by atoms with Crippen molar-refractivity contribution in [3.63, 3.8) is 0 Å². The fourth-order valence-electron chi connectivity index (χ4n) is 3.64. The molecule has 3 fully saturated rings. The zero-order valence-corrected chi connectivity index (χ0v) is 12.5. The number of aliphatic hydroxyl groups excluding tert-OH is 1. The molecule has 0 bridgehead atoms. The quantitative estimate of drug-likeness (QED) is 0.930. The molecule has 1 N–H and O–H groups in total. The summed E-state index contributed by atoms with van der Waals surface area (Å²) in [6, 6.07) is 0.581. The zero-order chi connectivity index (χ0) is 13.6. The number of imidazole rings is 1. The third kappa shape index (κ3) is 2.30. The Morgan fingerprint density at radius 3 is 3.10 bits per heavy atom. The fraction of sp³-hybridized carbons (Fsp3) is 0.800. The van der Waals surface area contributed by atoms with Crippen LogP contribution in [0.3, 0.4) is 0 Å². The van der Waals surface area contributed by atoms with Gasteiger partial charge in [-0.3, -0.25) is 0 Å². The van der Waals surface area contributed by atoms with E-state index in [1.165, 1.54) is 18.6 Å². The highest BCUT2D eigenvalue weighted by Gasteiger charge is 2.43. The van der Waals surface area contributed by atoms with Gasteiger partial charge in [-0.15, -0.1) is 0 Å². The molecule has 4 nitrogen and oxygen atoms in total. The molecule has 3 atom stereocenters. The number of hydrogen-bond acceptors (Lipinski definition) is 4. The first kappa shape index (κ1) is 13.2. The maximum Gasteiger partial charge on any atom is 0.0985 e. The van der Waals surface area contributed by atoms with Gasteiger partial charge in [-0.2, -0.15) is 11.8 Å². The van der Waals surface area contributed by atoms with Crippen LogP contribution in [0, 0.1) is 5.92 Å². The summed E-state index contributed by atoms with van der Waals surface area (Å²) in [6.45, 7) is 0.792. The summed E-state index contributed by atoms with van der Waals surface area (Å²) >= 11 is 1.98. The second-order valence-corrected chi connectivity index (χ2v) is 7.59. The van der Waals surface area contributed by atoms with Crippen molar-refractivity contribution in [2.24, 2.45) is 5.92 Å². The Hall–Kier alpha value is -0.520. The SMILES string of the molecule is OC(c1cncn1C1CC1)C1CCOC2(CCSC2)C1. The second-order valence-electron chi connectivity index (χ2n) is 6.49. The minimum Gasteiger partial charge on any atom is -0.387 e. The molecule has 20 heavy (non-hydrogen) atoms. The van der Waals surface area contributed by atoms with E-state index in [-0.39, 0.29) is 11.7 Å². The minimum absolute atomic E-state index is 0.0407. The molecule has 0 amide bonds. The van der Waals surface area contributed by atoms with Crippen LogP contribution in [0.5, 0.6) is 0 Å². The maximum atomic E-state index is 10.8. The first-order valence-electron chi connectivity index (χ1n) is 7.69. The van der Waals surface area contributed by atoms with Gasteiger partial charge in [0, 0.05) is 18.4 Å². The van der Waals surface area contributed by atoms with Crippen LogP contribution >= 0.6 is 11.8 Å². The Morgan fingerprint density at radius 1 is 1.45 bits per heavy atom. The molecule has 0 aromatic carbocycles. The van der Waals surface area contributed by atoms with Crippen LogP contribution in [0.25, 0.3) is 0 Å². The Morgan fingerprint density at radius 2 is 2.35 bits per heavy atom. The van der Waals surface area contributed by atoms with Crippen LogP contribution in [0.15, 0.2) is 12.5 Å². The molecule has 0 radical (unpaired) electrons. The lowest BCUT2D eigenvalue weighted by Crippen LogP contribution is -2.41. The summed E-state index contributed by atoms with van der Waals surface area (Å²) in [5, 5.41) is 10.8. The fourth-order valence-corrected chi connectivity index (χ4v) is 5.02. The number of rotatable bonds is 3. The van der Waals surface area contributed by atoms with E-state index in [1.807, 2.05) is 24.3 Å². The predicted octanol–water partition coefficient (Wildman–Crippen LogP) is 2.55. The molecule has 3 heterocycles.